The molecule has 1 aromatic carbocycles. The Morgan fingerprint density at radius 2 is 2.04 bits per heavy atom. The first-order valence-corrected chi connectivity index (χ1v) is 9.66. The maximum atomic E-state index is 12.6. The summed E-state index contributed by atoms with van der Waals surface area (Å²) in [4.78, 5) is 17.1. The number of carbonyl (C=O) groups excluding carboxylic acids is 1. The van der Waals surface area contributed by atoms with Crippen molar-refractivity contribution in [1.82, 2.24) is 15.1 Å². The van der Waals surface area contributed by atoms with Gasteiger partial charge in [-0.2, -0.15) is 0 Å². The maximum Gasteiger partial charge on any atom is 0.240 e. The molecule has 3 atom stereocenters. The largest absolute Gasteiger partial charge is 0.341 e. The molecule has 3 rings (SSSR count). The molecule has 0 aromatic heterocycles. The molecular weight excluding hydrogens is 377 g/mol. The van der Waals surface area contributed by atoms with Crippen LogP contribution in [0.15, 0.2) is 30.3 Å². The molecule has 25 heavy (non-hydrogen) atoms. The number of nitrogens with one attached hydrogen (secondary N) is 1. The molecule has 1 aromatic rings. The van der Waals surface area contributed by atoms with Gasteiger partial charge in [0.05, 0.1) is 6.04 Å². The number of likely N-dealkylation sites (tertiary alicyclic amines) is 1. The average Bonchev–Trinajstić information content (AvgIpc) is 3.11. The Labute approximate surface area is 167 Å². The predicted molar refractivity (Wildman–Crippen MR) is 111 cm³/mol. The highest BCUT2D eigenvalue weighted by Gasteiger charge is 2.33. The van der Waals surface area contributed by atoms with Crippen molar-refractivity contribution in [1.29, 1.82) is 0 Å². The van der Waals surface area contributed by atoms with Crippen molar-refractivity contribution in [2.75, 3.05) is 25.2 Å². The Bertz CT molecular complexity index is 528. The zero-order chi connectivity index (χ0) is 16.2. The summed E-state index contributed by atoms with van der Waals surface area (Å²) in [7, 11) is 1.98. The highest BCUT2D eigenvalue weighted by Crippen LogP contribution is 2.24. The smallest absolute Gasteiger partial charge is 0.240 e. The number of amides is 1. The van der Waals surface area contributed by atoms with E-state index in [-0.39, 0.29) is 36.8 Å². The summed E-state index contributed by atoms with van der Waals surface area (Å²) in [6.45, 7) is 4.36. The summed E-state index contributed by atoms with van der Waals surface area (Å²) in [5.41, 5.74) is 1.37. The number of carbonyl (C=O) groups is 1. The van der Waals surface area contributed by atoms with E-state index in [1.54, 1.807) is 0 Å². The van der Waals surface area contributed by atoms with E-state index in [2.05, 4.69) is 47.5 Å². The van der Waals surface area contributed by atoms with Crippen molar-refractivity contribution in [2.45, 2.75) is 44.4 Å². The van der Waals surface area contributed by atoms with Gasteiger partial charge in [0.1, 0.15) is 0 Å². The lowest BCUT2D eigenvalue weighted by Crippen LogP contribution is -2.52. The fourth-order valence-corrected chi connectivity index (χ4v) is 4.51. The monoisotopic (exact) mass is 405 g/mol. The molecule has 4 nitrogen and oxygen atoms in total. The first-order chi connectivity index (χ1) is 11.1. The molecule has 7 heteroatoms. The minimum atomic E-state index is 0. The Morgan fingerprint density at radius 1 is 1.32 bits per heavy atom. The van der Waals surface area contributed by atoms with Gasteiger partial charge in [0.25, 0.3) is 0 Å². The van der Waals surface area contributed by atoms with Crippen LogP contribution >= 0.6 is 36.6 Å². The third kappa shape index (κ3) is 5.76. The molecule has 2 aliphatic heterocycles. The van der Waals surface area contributed by atoms with Gasteiger partial charge in [-0.1, -0.05) is 30.3 Å². The van der Waals surface area contributed by atoms with Crippen molar-refractivity contribution < 1.29 is 4.79 Å². The van der Waals surface area contributed by atoms with Gasteiger partial charge in [0.2, 0.25) is 5.91 Å². The quantitative estimate of drug-likeness (QED) is 0.834. The summed E-state index contributed by atoms with van der Waals surface area (Å²) < 4.78 is 0. The maximum absolute atomic E-state index is 12.6. The first kappa shape index (κ1) is 22.6. The van der Waals surface area contributed by atoms with Crippen molar-refractivity contribution in [3.8, 4) is 0 Å². The second-order valence-corrected chi connectivity index (χ2v) is 7.73. The molecule has 2 aliphatic rings. The van der Waals surface area contributed by atoms with Gasteiger partial charge >= 0.3 is 0 Å². The van der Waals surface area contributed by atoms with E-state index >= 15 is 0 Å². The molecule has 2 fully saturated rings. The van der Waals surface area contributed by atoms with Crippen LogP contribution in [-0.4, -0.2) is 59.1 Å². The van der Waals surface area contributed by atoms with Crippen LogP contribution in [0, 0.1) is 0 Å². The van der Waals surface area contributed by atoms with Crippen LogP contribution in [0.3, 0.4) is 0 Å². The van der Waals surface area contributed by atoms with Crippen LogP contribution < -0.4 is 5.32 Å². The summed E-state index contributed by atoms with van der Waals surface area (Å²) in [6, 6.07) is 11.6. The van der Waals surface area contributed by atoms with Crippen LogP contribution in [0.1, 0.15) is 25.3 Å². The van der Waals surface area contributed by atoms with Crippen molar-refractivity contribution >= 4 is 42.5 Å². The number of hydrogen-bond donors (Lipinski definition) is 1. The van der Waals surface area contributed by atoms with E-state index in [1.807, 2.05) is 23.7 Å². The predicted octanol–water partition coefficient (Wildman–Crippen LogP) is 3.00. The van der Waals surface area contributed by atoms with Gasteiger partial charge in [-0.05, 0) is 25.3 Å². The van der Waals surface area contributed by atoms with E-state index in [4.69, 9.17) is 0 Å². The van der Waals surface area contributed by atoms with Gasteiger partial charge in [-0.15, -0.1) is 36.6 Å². The third-order valence-electron chi connectivity index (χ3n) is 5.12. The number of piperidine rings is 1. The molecule has 142 valence electrons. The van der Waals surface area contributed by atoms with Gasteiger partial charge in [0.15, 0.2) is 0 Å². The summed E-state index contributed by atoms with van der Waals surface area (Å²) >= 11 is 1.81. The second kappa shape index (κ2) is 10.6. The Balaban J connectivity index is 0.00000156. The third-order valence-corrected chi connectivity index (χ3v) is 6.06. The fraction of sp³-hybridized carbons (Fsp3) is 0.611. The topological polar surface area (TPSA) is 35.6 Å². The number of rotatable bonds is 4. The van der Waals surface area contributed by atoms with Crippen molar-refractivity contribution in [3.05, 3.63) is 35.9 Å². The molecule has 1 N–H and O–H groups in total. The van der Waals surface area contributed by atoms with E-state index < -0.39 is 0 Å². The molecule has 3 unspecified atom stereocenters. The standard InChI is InChI=1S/C18H27N3OS.2ClH/c1-14-10-16(20(2)18(22)17-12-23-13-19-17)8-9-21(14)11-15-6-4-3-5-7-15;;/h3-7,14,16-17,19H,8-13H2,1-2H3;2*1H. The molecular formula is C18H29Cl2N3OS. The second-order valence-electron chi connectivity index (χ2n) is 6.70. The summed E-state index contributed by atoms with van der Waals surface area (Å²) in [5.74, 6) is 2.07. The molecule has 0 bridgehead atoms. The van der Waals surface area contributed by atoms with Gasteiger partial charge in [-0.3, -0.25) is 15.0 Å². The van der Waals surface area contributed by atoms with Gasteiger partial charge in [0, 0.05) is 43.9 Å². The minimum absolute atomic E-state index is 0. The normalized spacial score (nSPS) is 26.4. The number of likely N-dealkylation sites (N-methyl/N-ethyl adjacent to an activating group) is 1. The molecule has 2 heterocycles. The lowest BCUT2D eigenvalue weighted by molar-refractivity contribution is -0.134. The average molecular weight is 406 g/mol. The van der Waals surface area contributed by atoms with E-state index in [0.29, 0.717) is 12.1 Å². The molecule has 0 saturated carbocycles. The number of nitrogens with zero attached hydrogens (tertiary/aromatic N) is 2. The summed E-state index contributed by atoms with van der Waals surface area (Å²) in [6.07, 6.45) is 2.13. The molecule has 0 aliphatic carbocycles. The minimum Gasteiger partial charge on any atom is -0.341 e. The van der Waals surface area contributed by atoms with Crippen LogP contribution in [0.25, 0.3) is 0 Å². The summed E-state index contributed by atoms with van der Waals surface area (Å²) in [5, 5.41) is 3.29. The van der Waals surface area contributed by atoms with Gasteiger partial charge < -0.3 is 4.90 Å². The van der Waals surface area contributed by atoms with E-state index in [1.165, 1.54) is 5.56 Å². The zero-order valence-corrected chi connectivity index (χ0v) is 17.3. The Morgan fingerprint density at radius 3 is 2.64 bits per heavy atom. The lowest BCUT2D eigenvalue weighted by Gasteiger charge is -2.41. The molecule has 0 spiro atoms. The van der Waals surface area contributed by atoms with Gasteiger partial charge in [-0.25, -0.2) is 0 Å². The molecule has 0 radical (unpaired) electrons. The molecule has 2 saturated heterocycles. The van der Waals surface area contributed by atoms with E-state index in [9.17, 15) is 4.79 Å². The number of halogens is 2. The fourth-order valence-electron chi connectivity index (χ4n) is 3.58. The first-order valence-electron chi connectivity index (χ1n) is 8.51. The number of benzene rings is 1. The highest BCUT2D eigenvalue weighted by atomic mass is 35.5. The Hall–Kier alpha value is -0.460. The SMILES string of the molecule is CC1CC(N(C)C(=O)C2CSCN2)CCN1Cc1ccccc1.Cl.Cl. The zero-order valence-electron chi connectivity index (χ0n) is 14.9. The van der Waals surface area contributed by atoms with Crippen molar-refractivity contribution in [2.24, 2.45) is 0 Å². The highest BCUT2D eigenvalue weighted by molar-refractivity contribution is 7.99. The number of thioether (sulfide) groups is 1. The van der Waals surface area contributed by atoms with E-state index in [0.717, 1.165) is 37.6 Å². The van der Waals surface area contributed by atoms with Crippen LogP contribution in [0.5, 0.6) is 0 Å². The van der Waals surface area contributed by atoms with Crippen molar-refractivity contribution in [3.63, 3.8) is 0 Å². The van der Waals surface area contributed by atoms with Crippen LogP contribution in [0.2, 0.25) is 0 Å². The Kier molecular flexibility index (Phi) is 9.60. The molecule has 1 amide bonds. The van der Waals surface area contributed by atoms with Crippen LogP contribution in [-0.2, 0) is 11.3 Å². The van der Waals surface area contributed by atoms with Crippen LogP contribution in [0.4, 0.5) is 0 Å². The number of hydrogen-bond acceptors (Lipinski definition) is 4. The lowest BCUT2D eigenvalue weighted by atomic mass is 9.96.